The Morgan fingerprint density at radius 3 is 2.75 bits per heavy atom. The molecule has 0 aromatic carbocycles. The number of halogens is 1. The van der Waals surface area contributed by atoms with E-state index in [4.69, 9.17) is 0 Å². The van der Waals surface area contributed by atoms with Crippen LogP contribution in [0.2, 0.25) is 0 Å². The summed E-state index contributed by atoms with van der Waals surface area (Å²) in [6, 6.07) is 2.09. The highest BCUT2D eigenvalue weighted by Gasteiger charge is 2.08. The van der Waals surface area contributed by atoms with E-state index in [2.05, 4.69) is 44.5 Å². The van der Waals surface area contributed by atoms with Gasteiger partial charge < -0.3 is 0 Å². The molecule has 0 aliphatic rings. The summed E-state index contributed by atoms with van der Waals surface area (Å²) in [5.74, 6) is 0. The van der Waals surface area contributed by atoms with E-state index >= 15 is 0 Å². The van der Waals surface area contributed by atoms with Gasteiger partial charge in [0.1, 0.15) is 0 Å². The smallest absolute Gasteiger partial charge is 0.141 e. The van der Waals surface area contributed by atoms with Crippen LogP contribution < -0.4 is 0 Å². The van der Waals surface area contributed by atoms with Crippen LogP contribution >= 0.6 is 38.6 Å². The number of aromatic nitrogens is 2. The fourth-order valence-electron chi connectivity index (χ4n) is 0.889. The SMILES string of the molecule is Cc1ccsc1-c1nnc(Br)s1. The first-order valence-corrected chi connectivity index (χ1v) is 5.80. The average Bonchev–Trinajstić information content (AvgIpc) is 2.58. The van der Waals surface area contributed by atoms with Crippen LogP contribution in [0.4, 0.5) is 0 Å². The minimum Gasteiger partial charge on any atom is -0.141 e. The third kappa shape index (κ3) is 1.44. The standard InChI is InChI=1S/C7H5BrN2S2/c1-4-2-3-11-5(4)6-9-10-7(8)12-6/h2-3H,1H3. The van der Waals surface area contributed by atoms with E-state index in [0.717, 1.165) is 8.92 Å². The Balaban J connectivity index is 2.50. The molecule has 2 aromatic heterocycles. The molecule has 0 atom stereocenters. The highest BCUT2D eigenvalue weighted by Crippen LogP contribution is 2.32. The monoisotopic (exact) mass is 260 g/mol. The van der Waals surface area contributed by atoms with E-state index in [0.29, 0.717) is 0 Å². The number of hydrogen-bond donors (Lipinski definition) is 0. The van der Waals surface area contributed by atoms with Gasteiger partial charge in [0, 0.05) is 0 Å². The van der Waals surface area contributed by atoms with Gasteiger partial charge in [-0.05, 0) is 39.9 Å². The van der Waals surface area contributed by atoms with Gasteiger partial charge in [-0.25, -0.2) is 0 Å². The summed E-state index contributed by atoms with van der Waals surface area (Å²) in [5.41, 5.74) is 1.27. The van der Waals surface area contributed by atoms with Crippen molar-refractivity contribution in [3.05, 3.63) is 20.9 Å². The molecule has 0 fully saturated rings. The summed E-state index contributed by atoms with van der Waals surface area (Å²) >= 11 is 6.56. The van der Waals surface area contributed by atoms with Gasteiger partial charge in [-0.1, -0.05) is 11.3 Å². The molecule has 0 spiro atoms. The Bertz CT molecular complexity index is 394. The molecule has 0 aliphatic carbocycles. The maximum atomic E-state index is 4.05. The van der Waals surface area contributed by atoms with Crippen molar-refractivity contribution in [2.24, 2.45) is 0 Å². The van der Waals surface area contributed by atoms with Crippen LogP contribution in [0.5, 0.6) is 0 Å². The van der Waals surface area contributed by atoms with E-state index in [9.17, 15) is 0 Å². The molecule has 2 aromatic rings. The lowest BCUT2D eigenvalue weighted by Crippen LogP contribution is -1.73. The summed E-state index contributed by atoms with van der Waals surface area (Å²) < 4.78 is 0.838. The molecule has 0 saturated carbocycles. The molecule has 2 rings (SSSR count). The van der Waals surface area contributed by atoms with Crippen molar-refractivity contribution >= 4 is 38.6 Å². The molecule has 12 heavy (non-hydrogen) atoms. The highest BCUT2D eigenvalue weighted by molar-refractivity contribution is 9.11. The zero-order chi connectivity index (χ0) is 8.55. The van der Waals surface area contributed by atoms with Gasteiger partial charge in [0.2, 0.25) is 0 Å². The highest BCUT2D eigenvalue weighted by atomic mass is 79.9. The van der Waals surface area contributed by atoms with Crippen LogP contribution in [0, 0.1) is 6.92 Å². The lowest BCUT2D eigenvalue weighted by molar-refractivity contribution is 1.08. The Morgan fingerprint density at radius 1 is 1.42 bits per heavy atom. The van der Waals surface area contributed by atoms with Crippen LogP contribution in [0.15, 0.2) is 15.4 Å². The second-order valence-corrected chi connectivity index (χ2v) is 5.46. The summed E-state index contributed by atoms with van der Waals surface area (Å²) in [4.78, 5) is 1.22. The maximum Gasteiger partial charge on any atom is 0.183 e. The molecular formula is C7H5BrN2S2. The van der Waals surface area contributed by atoms with Crippen molar-refractivity contribution in [2.75, 3.05) is 0 Å². The number of nitrogens with zero attached hydrogens (tertiary/aromatic N) is 2. The molecule has 62 valence electrons. The Kier molecular flexibility index (Phi) is 2.25. The first-order chi connectivity index (χ1) is 5.77. The summed E-state index contributed by atoms with van der Waals surface area (Å²) in [6.07, 6.45) is 0. The van der Waals surface area contributed by atoms with Gasteiger partial charge in [-0.15, -0.1) is 21.5 Å². The minimum atomic E-state index is 0.838. The molecule has 2 nitrogen and oxygen atoms in total. The Hall–Kier alpha value is -0.260. The van der Waals surface area contributed by atoms with E-state index in [-0.39, 0.29) is 0 Å². The molecule has 0 saturated heterocycles. The second kappa shape index (κ2) is 3.24. The zero-order valence-corrected chi connectivity index (χ0v) is 9.46. The van der Waals surface area contributed by atoms with Crippen LogP contribution in [0.3, 0.4) is 0 Å². The fourth-order valence-corrected chi connectivity index (χ4v) is 3.08. The summed E-state index contributed by atoms with van der Waals surface area (Å²) in [5, 5.41) is 11.0. The van der Waals surface area contributed by atoms with Crippen LogP contribution in [0.1, 0.15) is 5.56 Å². The quantitative estimate of drug-likeness (QED) is 0.786. The summed E-state index contributed by atoms with van der Waals surface area (Å²) in [7, 11) is 0. The van der Waals surface area contributed by atoms with E-state index in [1.165, 1.54) is 10.4 Å². The molecule has 0 radical (unpaired) electrons. The lowest BCUT2D eigenvalue weighted by atomic mass is 10.3. The number of rotatable bonds is 1. The zero-order valence-electron chi connectivity index (χ0n) is 6.24. The molecule has 5 heteroatoms. The van der Waals surface area contributed by atoms with E-state index in [1.54, 1.807) is 22.7 Å². The van der Waals surface area contributed by atoms with Gasteiger partial charge >= 0.3 is 0 Å². The molecule has 0 amide bonds. The average molecular weight is 261 g/mol. The van der Waals surface area contributed by atoms with Gasteiger partial charge in [-0.2, -0.15) is 0 Å². The van der Waals surface area contributed by atoms with Gasteiger partial charge in [0.15, 0.2) is 8.92 Å². The summed E-state index contributed by atoms with van der Waals surface area (Å²) in [6.45, 7) is 2.08. The minimum absolute atomic E-state index is 0.838. The predicted octanol–water partition coefficient (Wildman–Crippen LogP) is 3.34. The van der Waals surface area contributed by atoms with E-state index < -0.39 is 0 Å². The van der Waals surface area contributed by atoms with Gasteiger partial charge in [0.25, 0.3) is 0 Å². The normalized spacial score (nSPS) is 10.5. The Labute approximate surface area is 86.4 Å². The maximum absolute atomic E-state index is 4.05. The topological polar surface area (TPSA) is 25.8 Å². The molecule has 0 unspecified atom stereocenters. The van der Waals surface area contributed by atoms with Gasteiger partial charge in [0.05, 0.1) is 4.88 Å². The van der Waals surface area contributed by atoms with Crippen molar-refractivity contribution in [2.45, 2.75) is 6.92 Å². The van der Waals surface area contributed by atoms with Crippen LogP contribution in [0.25, 0.3) is 9.88 Å². The third-order valence-electron chi connectivity index (χ3n) is 1.46. The van der Waals surface area contributed by atoms with Crippen molar-refractivity contribution in [3.8, 4) is 9.88 Å². The first-order valence-electron chi connectivity index (χ1n) is 3.31. The molecule has 2 heterocycles. The van der Waals surface area contributed by atoms with Crippen molar-refractivity contribution < 1.29 is 0 Å². The second-order valence-electron chi connectivity index (χ2n) is 2.29. The lowest BCUT2D eigenvalue weighted by Gasteiger charge is -1.88. The van der Waals surface area contributed by atoms with Crippen LogP contribution in [-0.4, -0.2) is 10.2 Å². The van der Waals surface area contributed by atoms with Gasteiger partial charge in [-0.3, -0.25) is 0 Å². The Morgan fingerprint density at radius 2 is 2.25 bits per heavy atom. The van der Waals surface area contributed by atoms with Crippen molar-refractivity contribution in [1.82, 2.24) is 10.2 Å². The van der Waals surface area contributed by atoms with Crippen molar-refractivity contribution in [3.63, 3.8) is 0 Å². The van der Waals surface area contributed by atoms with Crippen molar-refractivity contribution in [1.29, 1.82) is 0 Å². The fraction of sp³-hybridized carbons (Fsp3) is 0.143. The number of hydrogen-bond acceptors (Lipinski definition) is 4. The molecule has 0 bridgehead atoms. The predicted molar refractivity (Wildman–Crippen MR) is 55.7 cm³/mol. The third-order valence-corrected chi connectivity index (χ3v) is 3.98. The van der Waals surface area contributed by atoms with Crippen LogP contribution in [-0.2, 0) is 0 Å². The van der Waals surface area contributed by atoms with E-state index in [1.807, 2.05) is 0 Å². The number of thiophene rings is 1. The first kappa shape index (κ1) is 8.34. The molecule has 0 N–H and O–H groups in total. The largest absolute Gasteiger partial charge is 0.183 e. The number of aryl methyl sites for hydroxylation is 1. The molecule has 0 aliphatic heterocycles. The molecular weight excluding hydrogens is 256 g/mol.